The van der Waals surface area contributed by atoms with Crippen molar-refractivity contribution in [1.82, 2.24) is 0 Å². The summed E-state index contributed by atoms with van der Waals surface area (Å²) in [5.74, 6) is 1.50. The highest BCUT2D eigenvalue weighted by Gasteiger charge is 2.29. The molecule has 0 radical (unpaired) electrons. The fourth-order valence-corrected chi connectivity index (χ4v) is 2.99. The maximum Gasteiger partial charge on any atom is 0.165 e. The van der Waals surface area contributed by atoms with Crippen LogP contribution >= 0.6 is 27.5 Å². The maximum absolute atomic E-state index is 6.27. The van der Waals surface area contributed by atoms with Gasteiger partial charge >= 0.3 is 0 Å². The van der Waals surface area contributed by atoms with Crippen LogP contribution in [-0.4, -0.2) is 14.2 Å². The molecule has 2 rings (SSSR count). The third-order valence-corrected chi connectivity index (χ3v) is 3.87. The molecule has 1 unspecified atom stereocenters. The smallest absolute Gasteiger partial charge is 0.165 e. The first kappa shape index (κ1) is 11.1. The molecular formula is C11H12BrClO2. The summed E-state index contributed by atoms with van der Waals surface area (Å²) in [6.07, 6.45) is 1.95. The van der Waals surface area contributed by atoms with Gasteiger partial charge in [-0.1, -0.05) is 15.9 Å². The second-order valence-corrected chi connectivity index (χ2v) is 4.87. The average Bonchev–Trinajstić information content (AvgIpc) is 2.61. The van der Waals surface area contributed by atoms with Crippen LogP contribution in [0.2, 0.25) is 0 Å². The number of benzene rings is 1. The van der Waals surface area contributed by atoms with E-state index in [9.17, 15) is 0 Å². The van der Waals surface area contributed by atoms with E-state index in [-0.39, 0.29) is 5.38 Å². The van der Waals surface area contributed by atoms with E-state index in [2.05, 4.69) is 15.9 Å². The van der Waals surface area contributed by atoms with Crippen LogP contribution in [0.4, 0.5) is 0 Å². The second-order valence-electron chi connectivity index (χ2n) is 3.49. The van der Waals surface area contributed by atoms with Crippen molar-refractivity contribution >= 4 is 27.5 Å². The Kier molecular flexibility index (Phi) is 3.12. The topological polar surface area (TPSA) is 18.5 Å². The van der Waals surface area contributed by atoms with E-state index >= 15 is 0 Å². The number of methoxy groups -OCH3 is 2. The zero-order chi connectivity index (χ0) is 11.0. The lowest BCUT2D eigenvalue weighted by Crippen LogP contribution is -1.97. The molecule has 0 aromatic heterocycles. The van der Waals surface area contributed by atoms with Crippen LogP contribution in [0, 0.1) is 0 Å². The zero-order valence-electron chi connectivity index (χ0n) is 8.64. The average molecular weight is 292 g/mol. The number of hydrogen-bond donors (Lipinski definition) is 0. The van der Waals surface area contributed by atoms with Gasteiger partial charge in [-0.05, 0) is 24.5 Å². The molecular weight excluding hydrogens is 279 g/mol. The van der Waals surface area contributed by atoms with Gasteiger partial charge in [-0.2, -0.15) is 0 Å². The molecule has 2 nitrogen and oxygen atoms in total. The van der Waals surface area contributed by atoms with Crippen molar-refractivity contribution in [2.75, 3.05) is 14.2 Å². The molecule has 1 aliphatic rings. The van der Waals surface area contributed by atoms with Crippen LogP contribution in [0.3, 0.4) is 0 Å². The number of rotatable bonds is 2. The molecule has 0 saturated carbocycles. The SMILES string of the molecule is COc1cc(Br)c2c(c1OC)C(Cl)CC2. The first-order valence-electron chi connectivity index (χ1n) is 4.76. The number of fused-ring (bicyclic) bond motifs is 1. The van der Waals surface area contributed by atoms with Crippen molar-refractivity contribution in [3.63, 3.8) is 0 Å². The highest BCUT2D eigenvalue weighted by Crippen LogP contribution is 2.49. The Hall–Kier alpha value is -0.410. The minimum Gasteiger partial charge on any atom is -0.493 e. The third-order valence-electron chi connectivity index (χ3n) is 2.72. The lowest BCUT2D eigenvalue weighted by Gasteiger charge is -2.15. The van der Waals surface area contributed by atoms with Crippen molar-refractivity contribution in [3.05, 3.63) is 21.7 Å². The van der Waals surface area contributed by atoms with Gasteiger partial charge in [0.05, 0.1) is 19.6 Å². The molecule has 1 aliphatic carbocycles. The van der Waals surface area contributed by atoms with Crippen molar-refractivity contribution < 1.29 is 9.47 Å². The molecule has 1 aromatic carbocycles. The van der Waals surface area contributed by atoms with Crippen LogP contribution in [0.25, 0.3) is 0 Å². The first-order valence-corrected chi connectivity index (χ1v) is 5.99. The predicted octanol–water partition coefficient (Wildman–Crippen LogP) is 3.69. The number of halogens is 2. The lowest BCUT2D eigenvalue weighted by molar-refractivity contribution is 0.351. The minimum atomic E-state index is 0.0290. The Bertz CT molecular complexity index is 393. The van der Waals surface area contributed by atoms with Gasteiger partial charge in [0.2, 0.25) is 0 Å². The normalized spacial score (nSPS) is 18.8. The van der Waals surface area contributed by atoms with Crippen molar-refractivity contribution in [2.45, 2.75) is 18.2 Å². The Morgan fingerprint density at radius 2 is 2.13 bits per heavy atom. The summed E-state index contributed by atoms with van der Waals surface area (Å²) >= 11 is 9.81. The van der Waals surface area contributed by atoms with Gasteiger partial charge in [-0.25, -0.2) is 0 Å². The third kappa shape index (κ3) is 1.72. The standard InChI is InChI=1S/C11H12BrClO2/c1-14-9-5-7(12)6-3-4-8(13)10(6)11(9)15-2/h5,8H,3-4H2,1-2H3. The molecule has 0 aliphatic heterocycles. The van der Waals surface area contributed by atoms with Gasteiger partial charge < -0.3 is 9.47 Å². The van der Waals surface area contributed by atoms with Crippen LogP contribution in [-0.2, 0) is 6.42 Å². The Labute approximate surface area is 103 Å². The quantitative estimate of drug-likeness (QED) is 0.774. The second kappa shape index (κ2) is 4.22. The summed E-state index contributed by atoms with van der Waals surface area (Å²) in [7, 11) is 3.28. The summed E-state index contributed by atoms with van der Waals surface area (Å²) in [5, 5.41) is 0.0290. The summed E-state index contributed by atoms with van der Waals surface area (Å²) < 4.78 is 11.7. The van der Waals surface area contributed by atoms with Crippen LogP contribution in [0.5, 0.6) is 11.5 Å². The highest BCUT2D eigenvalue weighted by molar-refractivity contribution is 9.10. The molecule has 15 heavy (non-hydrogen) atoms. The maximum atomic E-state index is 6.27. The molecule has 0 saturated heterocycles. The van der Waals surface area contributed by atoms with E-state index in [0.29, 0.717) is 0 Å². The van der Waals surface area contributed by atoms with Crippen molar-refractivity contribution in [3.8, 4) is 11.5 Å². The first-order chi connectivity index (χ1) is 7.19. The molecule has 0 bridgehead atoms. The van der Waals surface area contributed by atoms with Crippen LogP contribution in [0.15, 0.2) is 10.5 Å². The number of alkyl halides is 1. The summed E-state index contributed by atoms with van der Waals surface area (Å²) in [6, 6.07) is 1.94. The Morgan fingerprint density at radius 3 is 2.73 bits per heavy atom. The van der Waals surface area contributed by atoms with Gasteiger partial charge in [0.15, 0.2) is 11.5 Å². The molecule has 1 atom stereocenters. The monoisotopic (exact) mass is 290 g/mol. The molecule has 1 aromatic rings. The summed E-state index contributed by atoms with van der Waals surface area (Å²) in [6.45, 7) is 0. The molecule has 0 spiro atoms. The summed E-state index contributed by atoms with van der Waals surface area (Å²) in [5.41, 5.74) is 2.32. The van der Waals surface area contributed by atoms with E-state index in [1.165, 1.54) is 5.56 Å². The van der Waals surface area contributed by atoms with Crippen molar-refractivity contribution in [2.24, 2.45) is 0 Å². The molecule has 0 amide bonds. The molecule has 4 heteroatoms. The van der Waals surface area contributed by atoms with Crippen LogP contribution in [0.1, 0.15) is 22.9 Å². The molecule has 0 fully saturated rings. The largest absolute Gasteiger partial charge is 0.493 e. The van der Waals surface area contributed by atoms with E-state index in [0.717, 1.165) is 34.4 Å². The fraction of sp³-hybridized carbons (Fsp3) is 0.455. The van der Waals surface area contributed by atoms with E-state index in [4.69, 9.17) is 21.1 Å². The van der Waals surface area contributed by atoms with Gasteiger partial charge in [0, 0.05) is 10.0 Å². The van der Waals surface area contributed by atoms with E-state index < -0.39 is 0 Å². The predicted molar refractivity (Wildman–Crippen MR) is 64.2 cm³/mol. The number of hydrogen-bond acceptors (Lipinski definition) is 2. The van der Waals surface area contributed by atoms with Crippen molar-refractivity contribution in [1.29, 1.82) is 0 Å². The Morgan fingerprint density at radius 1 is 1.40 bits per heavy atom. The van der Waals surface area contributed by atoms with Gasteiger partial charge in [0.25, 0.3) is 0 Å². The molecule has 82 valence electrons. The Balaban J connectivity index is 2.66. The number of ether oxygens (including phenoxy) is 2. The summed E-state index contributed by atoms with van der Waals surface area (Å²) in [4.78, 5) is 0. The van der Waals surface area contributed by atoms with Gasteiger partial charge in [-0.15, -0.1) is 11.6 Å². The highest BCUT2D eigenvalue weighted by atomic mass is 79.9. The fourth-order valence-electron chi connectivity index (χ4n) is 2.03. The molecule has 0 heterocycles. The zero-order valence-corrected chi connectivity index (χ0v) is 11.0. The van der Waals surface area contributed by atoms with E-state index in [1.54, 1.807) is 14.2 Å². The lowest BCUT2D eigenvalue weighted by atomic mass is 10.1. The van der Waals surface area contributed by atoms with E-state index in [1.807, 2.05) is 6.07 Å². The minimum absolute atomic E-state index is 0.0290. The van der Waals surface area contributed by atoms with Crippen LogP contribution < -0.4 is 9.47 Å². The van der Waals surface area contributed by atoms with Gasteiger partial charge in [-0.3, -0.25) is 0 Å². The molecule has 0 N–H and O–H groups in total. The van der Waals surface area contributed by atoms with Gasteiger partial charge in [0.1, 0.15) is 0 Å².